The molecule has 1 aliphatic heterocycles. The molecule has 0 saturated heterocycles. The molecule has 0 fully saturated rings. The minimum Gasteiger partial charge on any atom is -0.479 e. The molecule has 0 radical (unpaired) electrons. The van der Waals surface area contributed by atoms with Crippen LogP contribution in [0.5, 0.6) is 5.75 Å². The molecular weight excluding hydrogens is 353 g/mol. The Balaban J connectivity index is 1.74. The van der Waals surface area contributed by atoms with Crippen LogP contribution in [0.15, 0.2) is 29.6 Å². The summed E-state index contributed by atoms with van der Waals surface area (Å²) in [5.74, 6) is 0.395. The zero-order valence-corrected chi connectivity index (χ0v) is 15.2. The normalized spacial score (nSPS) is 18.4. The molecule has 1 aromatic heterocycles. The summed E-state index contributed by atoms with van der Waals surface area (Å²) in [7, 11) is 0. The molecule has 2 atom stereocenters. The van der Waals surface area contributed by atoms with Crippen LogP contribution in [0.4, 0.5) is 0 Å². The molecule has 1 aliphatic rings. The quantitative estimate of drug-likeness (QED) is 0.764. The van der Waals surface area contributed by atoms with E-state index >= 15 is 0 Å². The number of rotatable bonds is 3. The molecule has 122 valence electrons. The van der Waals surface area contributed by atoms with Crippen LogP contribution >= 0.6 is 34.5 Å². The van der Waals surface area contributed by atoms with Crippen LogP contribution in [0.1, 0.15) is 30.3 Å². The van der Waals surface area contributed by atoms with Crippen molar-refractivity contribution in [2.45, 2.75) is 32.4 Å². The smallest absolute Gasteiger partial charge is 0.263 e. The molecule has 0 saturated carbocycles. The third kappa shape index (κ3) is 3.21. The molecular formula is C17H17Cl2NO2S. The highest BCUT2D eigenvalue weighted by molar-refractivity contribution is 7.10. The number of ether oxygens (including phenoxy) is 1. The molecule has 0 aliphatic carbocycles. The highest BCUT2D eigenvalue weighted by Crippen LogP contribution is 2.35. The second kappa shape index (κ2) is 6.71. The number of benzene rings is 1. The minimum atomic E-state index is -0.617. The fraction of sp³-hybridized carbons (Fsp3) is 0.353. The van der Waals surface area contributed by atoms with E-state index in [1.54, 1.807) is 36.5 Å². The first-order valence-corrected chi connectivity index (χ1v) is 9.10. The topological polar surface area (TPSA) is 29.5 Å². The van der Waals surface area contributed by atoms with Crippen molar-refractivity contribution in [3.63, 3.8) is 0 Å². The van der Waals surface area contributed by atoms with Crippen molar-refractivity contribution < 1.29 is 9.53 Å². The Morgan fingerprint density at radius 1 is 1.39 bits per heavy atom. The van der Waals surface area contributed by atoms with Gasteiger partial charge in [0.2, 0.25) is 0 Å². The first-order valence-electron chi connectivity index (χ1n) is 7.46. The molecule has 6 heteroatoms. The molecule has 1 aromatic carbocycles. The SMILES string of the molecule is C[C@@H](Oc1cccc(Cl)c1Cl)C(=O)N1CCc2sccc2[C@@H]1C. The number of fused-ring (bicyclic) bond motifs is 1. The van der Waals surface area contributed by atoms with Gasteiger partial charge in [-0.15, -0.1) is 11.3 Å². The average Bonchev–Trinajstić information content (AvgIpc) is 3.01. The van der Waals surface area contributed by atoms with Crippen LogP contribution in [0.2, 0.25) is 10.0 Å². The lowest BCUT2D eigenvalue weighted by Crippen LogP contribution is -2.44. The molecule has 0 N–H and O–H groups in total. The summed E-state index contributed by atoms with van der Waals surface area (Å²) in [6, 6.07) is 7.33. The van der Waals surface area contributed by atoms with Crippen molar-refractivity contribution in [1.29, 1.82) is 0 Å². The summed E-state index contributed by atoms with van der Waals surface area (Å²) >= 11 is 13.9. The maximum absolute atomic E-state index is 12.8. The predicted molar refractivity (Wildman–Crippen MR) is 94.7 cm³/mol. The number of hydrogen-bond donors (Lipinski definition) is 0. The second-order valence-electron chi connectivity index (χ2n) is 5.57. The summed E-state index contributed by atoms with van der Waals surface area (Å²) in [5, 5.41) is 2.83. The Morgan fingerprint density at radius 3 is 2.96 bits per heavy atom. The summed E-state index contributed by atoms with van der Waals surface area (Å²) in [6.07, 6.45) is 0.280. The monoisotopic (exact) mass is 369 g/mol. The summed E-state index contributed by atoms with van der Waals surface area (Å²) < 4.78 is 5.75. The van der Waals surface area contributed by atoms with Crippen LogP contribution < -0.4 is 4.74 Å². The van der Waals surface area contributed by atoms with Gasteiger partial charge in [0, 0.05) is 11.4 Å². The van der Waals surface area contributed by atoms with E-state index in [2.05, 4.69) is 18.4 Å². The van der Waals surface area contributed by atoms with E-state index in [1.165, 1.54) is 10.4 Å². The lowest BCUT2D eigenvalue weighted by Gasteiger charge is -2.35. The molecule has 2 aromatic rings. The van der Waals surface area contributed by atoms with Crippen molar-refractivity contribution in [3.8, 4) is 5.75 Å². The van der Waals surface area contributed by atoms with Crippen LogP contribution in [0.25, 0.3) is 0 Å². The van der Waals surface area contributed by atoms with E-state index in [1.807, 2.05) is 4.90 Å². The van der Waals surface area contributed by atoms with Crippen molar-refractivity contribution >= 4 is 40.4 Å². The number of amides is 1. The average molecular weight is 370 g/mol. The standard InChI is InChI=1S/C17H17Cl2NO2S/c1-10-12-7-9-23-15(12)6-8-20(10)17(21)11(2)22-14-5-3-4-13(18)16(14)19/h3-5,7,9-11H,6,8H2,1-2H3/t10-,11+/m0/s1. The predicted octanol–water partition coefficient (Wildman–Crippen LogP) is 4.97. The van der Waals surface area contributed by atoms with Gasteiger partial charge in [-0.25, -0.2) is 0 Å². The lowest BCUT2D eigenvalue weighted by atomic mass is 10.0. The minimum absolute atomic E-state index is 0.0367. The number of hydrogen-bond acceptors (Lipinski definition) is 3. The number of carbonyl (C=O) groups excluding carboxylic acids is 1. The first kappa shape index (κ1) is 16.6. The number of thiophene rings is 1. The molecule has 3 nitrogen and oxygen atoms in total. The molecule has 0 unspecified atom stereocenters. The third-order valence-electron chi connectivity index (χ3n) is 4.13. The van der Waals surface area contributed by atoms with Crippen molar-refractivity contribution in [2.24, 2.45) is 0 Å². The highest BCUT2D eigenvalue weighted by atomic mass is 35.5. The Labute approximate surface area is 149 Å². The Kier molecular flexibility index (Phi) is 4.85. The number of nitrogens with zero attached hydrogens (tertiary/aromatic N) is 1. The van der Waals surface area contributed by atoms with Gasteiger partial charge in [0.1, 0.15) is 10.8 Å². The molecule has 0 bridgehead atoms. The van der Waals surface area contributed by atoms with E-state index < -0.39 is 6.10 Å². The summed E-state index contributed by atoms with van der Waals surface area (Å²) in [5.41, 5.74) is 1.24. The Bertz CT molecular complexity index is 731. The van der Waals surface area contributed by atoms with E-state index in [-0.39, 0.29) is 11.9 Å². The van der Waals surface area contributed by atoms with E-state index in [9.17, 15) is 4.79 Å². The van der Waals surface area contributed by atoms with Gasteiger partial charge < -0.3 is 9.64 Å². The number of carbonyl (C=O) groups is 1. The zero-order chi connectivity index (χ0) is 16.6. The van der Waals surface area contributed by atoms with E-state index in [4.69, 9.17) is 27.9 Å². The van der Waals surface area contributed by atoms with E-state index in [0.29, 0.717) is 22.3 Å². The van der Waals surface area contributed by atoms with Gasteiger partial charge in [0.25, 0.3) is 5.91 Å². The highest BCUT2D eigenvalue weighted by Gasteiger charge is 2.31. The fourth-order valence-electron chi connectivity index (χ4n) is 2.86. The largest absolute Gasteiger partial charge is 0.479 e. The fourth-order valence-corrected chi connectivity index (χ4v) is 4.16. The molecule has 23 heavy (non-hydrogen) atoms. The van der Waals surface area contributed by atoms with Crippen LogP contribution in [-0.4, -0.2) is 23.5 Å². The maximum Gasteiger partial charge on any atom is 0.263 e. The van der Waals surface area contributed by atoms with Gasteiger partial charge >= 0.3 is 0 Å². The van der Waals surface area contributed by atoms with Gasteiger partial charge in [0.15, 0.2) is 6.10 Å². The van der Waals surface area contributed by atoms with E-state index in [0.717, 1.165) is 6.42 Å². The molecule has 0 spiro atoms. The Morgan fingerprint density at radius 2 is 2.17 bits per heavy atom. The maximum atomic E-state index is 12.8. The molecule has 3 rings (SSSR count). The van der Waals surface area contributed by atoms with Crippen molar-refractivity contribution in [2.75, 3.05) is 6.54 Å². The first-order chi connectivity index (χ1) is 11.0. The van der Waals surface area contributed by atoms with Gasteiger partial charge in [-0.1, -0.05) is 29.3 Å². The van der Waals surface area contributed by atoms with Crippen LogP contribution in [-0.2, 0) is 11.2 Å². The number of halogens is 2. The molecule has 1 amide bonds. The van der Waals surface area contributed by atoms with Gasteiger partial charge in [-0.3, -0.25) is 4.79 Å². The van der Waals surface area contributed by atoms with Crippen molar-refractivity contribution in [3.05, 3.63) is 50.1 Å². The third-order valence-corrected chi connectivity index (χ3v) is 5.93. The lowest BCUT2D eigenvalue weighted by molar-refractivity contribution is -0.140. The van der Waals surface area contributed by atoms with Crippen molar-refractivity contribution in [1.82, 2.24) is 4.90 Å². The van der Waals surface area contributed by atoms with Crippen LogP contribution in [0.3, 0.4) is 0 Å². The van der Waals surface area contributed by atoms with Gasteiger partial charge in [-0.2, -0.15) is 0 Å². The Hall–Kier alpha value is -1.23. The second-order valence-corrected chi connectivity index (χ2v) is 7.35. The summed E-state index contributed by atoms with van der Waals surface area (Å²) in [6.45, 7) is 4.52. The van der Waals surface area contributed by atoms with Gasteiger partial charge in [0.05, 0.1) is 11.1 Å². The van der Waals surface area contributed by atoms with Gasteiger partial charge in [-0.05, 0) is 49.4 Å². The zero-order valence-electron chi connectivity index (χ0n) is 12.9. The summed E-state index contributed by atoms with van der Waals surface area (Å²) in [4.78, 5) is 16.0. The molecule has 2 heterocycles. The van der Waals surface area contributed by atoms with Crippen LogP contribution in [0, 0.1) is 0 Å².